The molecule has 1 N–H and O–H groups in total. The van der Waals surface area contributed by atoms with Crippen molar-refractivity contribution in [2.24, 2.45) is 5.92 Å². The molecule has 1 amide bonds. The Morgan fingerprint density at radius 1 is 1.28 bits per heavy atom. The second-order valence-corrected chi connectivity index (χ2v) is 6.05. The molecule has 1 aromatic carbocycles. The van der Waals surface area contributed by atoms with Crippen molar-refractivity contribution in [1.82, 2.24) is 20.3 Å². The van der Waals surface area contributed by atoms with Crippen molar-refractivity contribution in [3.8, 4) is 0 Å². The molecule has 134 valence electrons. The zero-order chi connectivity index (χ0) is 18.4. The number of carbonyl (C=O) groups is 2. The number of ether oxygens (including phenoxy) is 1. The third-order valence-electron chi connectivity index (χ3n) is 3.84. The first-order chi connectivity index (χ1) is 11.9. The molecule has 0 spiro atoms. The normalized spacial score (nSPS) is 12.2. The van der Waals surface area contributed by atoms with E-state index in [0.29, 0.717) is 17.3 Å². The van der Waals surface area contributed by atoms with Crippen molar-refractivity contribution in [2.75, 3.05) is 7.11 Å². The molecule has 1 aromatic heterocycles. The topological polar surface area (TPSA) is 103 Å². The lowest BCUT2D eigenvalue weighted by Crippen LogP contribution is -2.45. The number of nitrogens with one attached hydrogen (secondary N) is 1. The van der Waals surface area contributed by atoms with Gasteiger partial charge in [0.25, 0.3) is 5.56 Å². The molecule has 0 saturated heterocycles. The van der Waals surface area contributed by atoms with Crippen LogP contribution in [0.5, 0.6) is 0 Å². The Bertz CT molecular complexity index is 816. The van der Waals surface area contributed by atoms with Crippen LogP contribution in [-0.2, 0) is 20.9 Å². The van der Waals surface area contributed by atoms with Crippen molar-refractivity contribution in [3.63, 3.8) is 0 Å². The van der Waals surface area contributed by atoms with Gasteiger partial charge in [-0.2, -0.15) is 0 Å². The van der Waals surface area contributed by atoms with E-state index in [1.807, 2.05) is 13.8 Å². The first-order valence-corrected chi connectivity index (χ1v) is 8.13. The maximum absolute atomic E-state index is 12.3. The fraction of sp³-hybridized carbons (Fsp3) is 0.471. The maximum atomic E-state index is 12.3. The van der Waals surface area contributed by atoms with E-state index in [9.17, 15) is 14.4 Å². The summed E-state index contributed by atoms with van der Waals surface area (Å²) in [6, 6.07) is 6.29. The van der Waals surface area contributed by atoms with E-state index in [1.54, 1.807) is 24.3 Å². The average Bonchev–Trinajstić information content (AvgIpc) is 2.61. The van der Waals surface area contributed by atoms with Crippen LogP contribution in [0.1, 0.15) is 26.7 Å². The molecule has 0 saturated carbocycles. The van der Waals surface area contributed by atoms with Gasteiger partial charge in [0.1, 0.15) is 11.6 Å². The molecule has 8 nitrogen and oxygen atoms in total. The number of esters is 1. The highest BCUT2D eigenvalue weighted by atomic mass is 16.5. The van der Waals surface area contributed by atoms with E-state index >= 15 is 0 Å². The highest BCUT2D eigenvalue weighted by Crippen LogP contribution is 2.06. The van der Waals surface area contributed by atoms with E-state index in [2.05, 4.69) is 20.4 Å². The van der Waals surface area contributed by atoms with Crippen LogP contribution in [0, 0.1) is 5.92 Å². The molecule has 2 aromatic rings. The Kier molecular flexibility index (Phi) is 6.21. The van der Waals surface area contributed by atoms with Gasteiger partial charge in [-0.1, -0.05) is 31.2 Å². The van der Waals surface area contributed by atoms with Gasteiger partial charge in [0.05, 0.1) is 12.5 Å². The highest BCUT2D eigenvalue weighted by Gasteiger charge is 2.24. The number of rotatable bonds is 7. The monoisotopic (exact) mass is 346 g/mol. The number of carbonyl (C=O) groups excluding carboxylic acids is 2. The number of amides is 1. The van der Waals surface area contributed by atoms with Crippen LogP contribution in [0.3, 0.4) is 0 Å². The first kappa shape index (κ1) is 18.6. The average molecular weight is 346 g/mol. The molecule has 0 bridgehead atoms. The molecule has 0 radical (unpaired) electrons. The molecule has 0 aliphatic rings. The molecular formula is C17H22N4O4. The molecule has 1 heterocycles. The van der Waals surface area contributed by atoms with Gasteiger partial charge in [0.15, 0.2) is 0 Å². The van der Waals surface area contributed by atoms with Gasteiger partial charge in [0, 0.05) is 13.0 Å². The van der Waals surface area contributed by atoms with Gasteiger partial charge in [-0.3, -0.25) is 9.59 Å². The Hall–Kier alpha value is -2.77. The van der Waals surface area contributed by atoms with E-state index in [4.69, 9.17) is 0 Å². The maximum Gasteiger partial charge on any atom is 0.328 e. The predicted octanol–water partition coefficient (Wildman–Crippen LogP) is 0.885. The number of fused-ring (bicyclic) bond motifs is 1. The van der Waals surface area contributed by atoms with Gasteiger partial charge in [0.2, 0.25) is 5.91 Å². The lowest BCUT2D eigenvalue weighted by Gasteiger charge is -2.19. The number of nitrogens with zero attached hydrogens (tertiary/aromatic N) is 3. The third kappa shape index (κ3) is 4.62. The summed E-state index contributed by atoms with van der Waals surface area (Å²) in [7, 11) is 1.29. The van der Waals surface area contributed by atoms with Gasteiger partial charge in [-0.05, 0) is 24.5 Å². The summed E-state index contributed by atoms with van der Waals surface area (Å²) in [5, 5.41) is 11.0. The number of hydrogen-bond acceptors (Lipinski definition) is 6. The minimum absolute atomic E-state index is 0.0784. The van der Waals surface area contributed by atoms with E-state index in [-0.39, 0.29) is 30.3 Å². The summed E-state index contributed by atoms with van der Waals surface area (Å²) in [5.41, 5.74) is 0.306. The fourth-order valence-electron chi connectivity index (χ4n) is 2.43. The molecule has 8 heteroatoms. The van der Waals surface area contributed by atoms with Gasteiger partial charge >= 0.3 is 5.97 Å². The number of methoxy groups -OCH3 is 1. The van der Waals surface area contributed by atoms with E-state index in [1.165, 1.54) is 11.8 Å². The Balaban J connectivity index is 1.94. The Labute approximate surface area is 145 Å². The van der Waals surface area contributed by atoms with Crippen LogP contribution in [0.15, 0.2) is 29.1 Å². The van der Waals surface area contributed by atoms with Crippen molar-refractivity contribution in [2.45, 2.75) is 39.3 Å². The van der Waals surface area contributed by atoms with E-state index < -0.39 is 12.0 Å². The van der Waals surface area contributed by atoms with Crippen molar-refractivity contribution in [3.05, 3.63) is 34.6 Å². The molecule has 0 aliphatic heterocycles. The fourth-order valence-corrected chi connectivity index (χ4v) is 2.43. The zero-order valence-electron chi connectivity index (χ0n) is 14.6. The molecule has 1 atom stereocenters. The Morgan fingerprint density at radius 3 is 2.68 bits per heavy atom. The summed E-state index contributed by atoms with van der Waals surface area (Å²) >= 11 is 0. The molecule has 0 aliphatic carbocycles. The minimum Gasteiger partial charge on any atom is -0.467 e. The van der Waals surface area contributed by atoms with Gasteiger partial charge < -0.3 is 10.1 Å². The number of hydrogen-bond donors (Lipinski definition) is 1. The van der Waals surface area contributed by atoms with Crippen LogP contribution < -0.4 is 10.9 Å². The molecule has 0 unspecified atom stereocenters. The van der Waals surface area contributed by atoms with E-state index in [0.717, 1.165) is 0 Å². The SMILES string of the molecule is COC(=O)[C@@H](NC(=O)CCCn1nnc2ccccc2c1=O)C(C)C. The summed E-state index contributed by atoms with van der Waals surface area (Å²) in [6.07, 6.45) is 0.575. The summed E-state index contributed by atoms with van der Waals surface area (Å²) in [5.74, 6) is -0.823. The highest BCUT2D eigenvalue weighted by molar-refractivity contribution is 5.84. The van der Waals surface area contributed by atoms with Crippen molar-refractivity contribution in [1.29, 1.82) is 0 Å². The standard InChI is InChI=1S/C17H22N4O4/c1-11(2)15(17(24)25-3)18-14(22)9-6-10-21-16(23)12-7-4-5-8-13(12)19-20-21/h4-5,7-8,11,15H,6,9-10H2,1-3H3,(H,18,22)/t15-/m0/s1. The summed E-state index contributed by atoms with van der Waals surface area (Å²) < 4.78 is 5.93. The minimum atomic E-state index is -0.680. The van der Waals surface area contributed by atoms with Gasteiger partial charge in [-0.15, -0.1) is 5.10 Å². The second-order valence-electron chi connectivity index (χ2n) is 6.05. The second kappa shape index (κ2) is 8.36. The lowest BCUT2D eigenvalue weighted by atomic mass is 10.0. The molecule has 0 fully saturated rings. The van der Waals surface area contributed by atoms with Crippen molar-refractivity contribution >= 4 is 22.8 Å². The summed E-state index contributed by atoms with van der Waals surface area (Å²) in [6.45, 7) is 3.92. The Morgan fingerprint density at radius 2 is 2.00 bits per heavy atom. The lowest BCUT2D eigenvalue weighted by molar-refractivity contribution is -0.146. The largest absolute Gasteiger partial charge is 0.467 e. The summed E-state index contributed by atoms with van der Waals surface area (Å²) in [4.78, 5) is 36.0. The van der Waals surface area contributed by atoms with Crippen LogP contribution in [-0.4, -0.2) is 40.0 Å². The quantitative estimate of drug-likeness (QED) is 0.747. The number of aromatic nitrogens is 3. The molecule has 2 rings (SSSR count). The van der Waals surface area contributed by atoms with Crippen LogP contribution >= 0.6 is 0 Å². The molecule has 25 heavy (non-hydrogen) atoms. The van der Waals surface area contributed by atoms with Crippen LogP contribution in [0.2, 0.25) is 0 Å². The predicted molar refractivity (Wildman–Crippen MR) is 91.8 cm³/mol. The zero-order valence-corrected chi connectivity index (χ0v) is 14.6. The number of aryl methyl sites for hydroxylation is 1. The number of benzene rings is 1. The van der Waals surface area contributed by atoms with Crippen molar-refractivity contribution < 1.29 is 14.3 Å². The van der Waals surface area contributed by atoms with Gasteiger partial charge in [-0.25, -0.2) is 9.48 Å². The van der Waals surface area contributed by atoms with Crippen LogP contribution in [0.4, 0.5) is 0 Å². The van der Waals surface area contributed by atoms with Crippen LogP contribution in [0.25, 0.3) is 10.9 Å². The third-order valence-corrected chi connectivity index (χ3v) is 3.84. The smallest absolute Gasteiger partial charge is 0.328 e. The first-order valence-electron chi connectivity index (χ1n) is 8.13. The molecular weight excluding hydrogens is 324 g/mol.